The van der Waals surface area contributed by atoms with Gasteiger partial charge in [-0.25, -0.2) is 4.79 Å². The highest BCUT2D eigenvalue weighted by molar-refractivity contribution is 6.30. The van der Waals surface area contributed by atoms with Crippen LogP contribution in [0.3, 0.4) is 0 Å². The smallest absolute Gasteiger partial charge is 0.433 e. The Morgan fingerprint density at radius 1 is 0.975 bits per heavy atom. The molecule has 0 spiro atoms. The largest absolute Gasteiger partial charge is 0.492 e. The summed E-state index contributed by atoms with van der Waals surface area (Å²) in [6.45, 7) is 7.39. The zero-order chi connectivity index (χ0) is 28.2. The maximum absolute atomic E-state index is 11.4. The molecule has 0 aromatic heterocycles. The van der Waals surface area contributed by atoms with Gasteiger partial charge in [0, 0.05) is 49.7 Å². The summed E-state index contributed by atoms with van der Waals surface area (Å²) in [5.74, 6) is 6.79. The van der Waals surface area contributed by atoms with Crippen molar-refractivity contribution in [2.45, 2.75) is 19.4 Å². The summed E-state index contributed by atoms with van der Waals surface area (Å²) >= 11 is 6.16. The van der Waals surface area contributed by atoms with Crippen molar-refractivity contribution in [1.82, 2.24) is 14.9 Å². The van der Waals surface area contributed by atoms with Crippen LogP contribution in [0.5, 0.6) is 5.75 Å². The van der Waals surface area contributed by atoms with Crippen molar-refractivity contribution >= 4 is 17.7 Å². The van der Waals surface area contributed by atoms with Crippen molar-refractivity contribution in [3.05, 3.63) is 101 Å². The van der Waals surface area contributed by atoms with Crippen LogP contribution in [0.1, 0.15) is 36.1 Å². The van der Waals surface area contributed by atoms with Crippen LogP contribution in [0.15, 0.2) is 78.9 Å². The highest BCUT2D eigenvalue weighted by atomic mass is 35.5. The minimum atomic E-state index is -0.762. The van der Waals surface area contributed by atoms with Crippen LogP contribution in [0.2, 0.25) is 5.02 Å². The van der Waals surface area contributed by atoms with Gasteiger partial charge in [0.05, 0.1) is 19.2 Å². The summed E-state index contributed by atoms with van der Waals surface area (Å²) in [7, 11) is 0. The first-order chi connectivity index (χ1) is 19.5. The maximum Gasteiger partial charge on any atom is 0.433 e. The molecule has 0 bridgehead atoms. The van der Waals surface area contributed by atoms with Gasteiger partial charge >= 0.3 is 6.09 Å². The molecule has 210 valence electrons. The van der Waals surface area contributed by atoms with Crippen LogP contribution >= 0.6 is 11.6 Å². The molecule has 40 heavy (non-hydrogen) atoms. The van der Waals surface area contributed by atoms with Gasteiger partial charge in [-0.3, -0.25) is 15.0 Å². The molecule has 1 aliphatic rings. The number of hydrogen-bond donors (Lipinski definition) is 1. The van der Waals surface area contributed by atoms with E-state index in [4.69, 9.17) is 21.1 Å². The summed E-state index contributed by atoms with van der Waals surface area (Å²) in [6, 6.07) is 26.7. The van der Waals surface area contributed by atoms with Crippen molar-refractivity contribution in [1.29, 1.82) is 0 Å². The lowest BCUT2D eigenvalue weighted by Gasteiger charge is -2.39. The van der Waals surface area contributed by atoms with E-state index in [0.29, 0.717) is 18.1 Å². The molecule has 1 N–H and O–H groups in total. The Kier molecular flexibility index (Phi) is 11.3. The first kappa shape index (κ1) is 29.4. The predicted molar refractivity (Wildman–Crippen MR) is 157 cm³/mol. The average molecular weight is 562 g/mol. The summed E-state index contributed by atoms with van der Waals surface area (Å²) in [5.41, 5.74) is 3.40. The Bertz CT molecular complexity index is 1250. The third kappa shape index (κ3) is 8.73. The van der Waals surface area contributed by atoms with Crippen LogP contribution < -0.4 is 4.74 Å². The zero-order valence-corrected chi connectivity index (χ0v) is 23.6. The standard InChI is InChI=1S/C32H36ClN3O4/c1-2-39-32(37)36(38)19-7-6-8-26-11-17-30(18-12-26)40-25-24-34-20-22-35(23-21-34)31(27-9-4-3-5-10-27)28-13-15-29(33)16-14-28/h3-5,9-18,31,38H,2,7,19-25H2,1H3/t31-/m1/s1. The minimum Gasteiger partial charge on any atom is -0.492 e. The summed E-state index contributed by atoms with van der Waals surface area (Å²) in [4.78, 5) is 16.4. The van der Waals surface area contributed by atoms with Gasteiger partial charge in [0.25, 0.3) is 0 Å². The maximum atomic E-state index is 11.4. The summed E-state index contributed by atoms with van der Waals surface area (Å²) in [5, 5.41) is 10.9. The van der Waals surface area contributed by atoms with E-state index >= 15 is 0 Å². The second-order valence-electron chi connectivity index (χ2n) is 9.49. The fraction of sp³-hybridized carbons (Fsp3) is 0.344. The van der Waals surface area contributed by atoms with E-state index < -0.39 is 6.09 Å². The number of hydrogen-bond acceptors (Lipinski definition) is 6. The number of piperazine rings is 1. The molecule has 0 saturated carbocycles. The van der Waals surface area contributed by atoms with E-state index in [0.717, 1.165) is 49.1 Å². The number of carbonyl (C=O) groups excluding carboxylic acids is 1. The molecule has 7 nitrogen and oxygen atoms in total. The molecule has 1 fully saturated rings. The second-order valence-corrected chi connectivity index (χ2v) is 9.93. The van der Waals surface area contributed by atoms with Crippen molar-refractivity contribution < 1.29 is 19.5 Å². The Balaban J connectivity index is 1.21. The number of halogens is 1. The first-order valence-corrected chi connectivity index (χ1v) is 14.0. The van der Waals surface area contributed by atoms with Gasteiger partial charge in [-0.05, 0) is 54.4 Å². The van der Waals surface area contributed by atoms with Gasteiger partial charge in [0.15, 0.2) is 0 Å². The van der Waals surface area contributed by atoms with Crippen LogP contribution in [0, 0.1) is 11.8 Å². The molecule has 4 rings (SSSR count). The highest BCUT2D eigenvalue weighted by Gasteiger charge is 2.26. The van der Waals surface area contributed by atoms with E-state index in [2.05, 4.69) is 64.1 Å². The average Bonchev–Trinajstić information content (AvgIpc) is 2.98. The van der Waals surface area contributed by atoms with E-state index in [1.807, 2.05) is 36.4 Å². The van der Waals surface area contributed by atoms with Crippen LogP contribution in [-0.4, -0.2) is 78.6 Å². The second kappa shape index (κ2) is 15.3. The Morgan fingerprint density at radius 3 is 2.33 bits per heavy atom. The van der Waals surface area contributed by atoms with Gasteiger partial charge in [-0.2, -0.15) is 5.06 Å². The van der Waals surface area contributed by atoms with Gasteiger partial charge in [0.1, 0.15) is 12.4 Å². The van der Waals surface area contributed by atoms with Crippen LogP contribution in [0.4, 0.5) is 4.79 Å². The zero-order valence-electron chi connectivity index (χ0n) is 22.8. The fourth-order valence-electron chi connectivity index (χ4n) is 4.68. The third-order valence-electron chi connectivity index (χ3n) is 6.76. The highest BCUT2D eigenvalue weighted by Crippen LogP contribution is 2.30. The first-order valence-electron chi connectivity index (χ1n) is 13.6. The normalized spacial score (nSPS) is 14.6. The number of ether oxygens (including phenoxy) is 2. The molecule has 1 amide bonds. The molecular weight excluding hydrogens is 526 g/mol. The SMILES string of the molecule is CCOC(=O)N(O)CCC#Cc1ccc(OCCN2CCN([C@H](c3ccccc3)c3ccc(Cl)cc3)CC2)cc1. The molecule has 0 radical (unpaired) electrons. The summed E-state index contributed by atoms with van der Waals surface area (Å²) in [6.07, 6.45) is -0.422. The molecule has 8 heteroatoms. The molecule has 1 atom stereocenters. The number of amides is 1. The monoisotopic (exact) mass is 561 g/mol. The molecule has 1 saturated heterocycles. The Morgan fingerprint density at radius 2 is 1.65 bits per heavy atom. The molecule has 1 aliphatic heterocycles. The molecule has 3 aromatic rings. The van der Waals surface area contributed by atoms with Crippen LogP contribution in [0.25, 0.3) is 0 Å². The van der Waals surface area contributed by atoms with Gasteiger partial charge in [-0.1, -0.05) is 65.9 Å². The molecule has 0 aliphatic carbocycles. The molecular formula is C32H36ClN3O4. The van der Waals surface area contributed by atoms with Gasteiger partial charge in [-0.15, -0.1) is 0 Å². The van der Waals surface area contributed by atoms with Crippen molar-refractivity contribution in [2.75, 3.05) is 52.5 Å². The van der Waals surface area contributed by atoms with E-state index in [-0.39, 0.29) is 19.2 Å². The van der Waals surface area contributed by atoms with Crippen molar-refractivity contribution in [3.63, 3.8) is 0 Å². The van der Waals surface area contributed by atoms with Gasteiger partial charge in [0.2, 0.25) is 0 Å². The molecule has 1 heterocycles. The van der Waals surface area contributed by atoms with Crippen LogP contribution in [-0.2, 0) is 4.74 Å². The molecule has 3 aromatic carbocycles. The van der Waals surface area contributed by atoms with Gasteiger partial charge < -0.3 is 9.47 Å². The van der Waals surface area contributed by atoms with E-state index in [9.17, 15) is 10.0 Å². The lowest BCUT2D eigenvalue weighted by molar-refractivity contribution is -0.0714. The lowest BCUT2D eigenvalue weighted by atomic mass is 9.96. The van der Waals surface area contributed by atoms with E-state index in [1.165, 1.54) is 11.1 Å². The topological polar surface area (TPSA) is 65.5 Å². The number of carbonyl (C=O) groups is 1. The van der Waals surface area contributed by atoms with E-state index in [1.54, 1.807) is 6.92 Å². The quantitative estimate of drug-likeness (QED) is 0.194. The summed E-state index contributed by atoms with van der Waals surface area (Å²) < 4.78 is 10.7. The predicted octanol–water partition coefficient (Wildman–Crippen LogP) is 5.72. The third-order valence-corrected chi connectivity index (χ3v) is 7.02. The van der Waals surface area contributed by atoms with Crippen molar-refractivity contribution in [3.8, 4) is 17.6 Å². The number of nitrogens with zero attached hydrogens (tertiary/aromatic N) is 3. The number of hydroxylamine groups is 2. The number of benzene rings is 3. The van der Waals surface area contributed by atoms with Crippen molar-refractivity contribution in [2.24, 2.45) is 0 Å². The molecule has 0 unspecified atom stereocenters. The Hall–Kier alpha value is -3.54. The minimum absolute atomic E-state index is 0.0926. The fourth-order valence-corrected chi connectivity index (χ4v) is 4.81. The Labute approximate surface area is 241 Å². The number of rotatable bonds is 10. The lowest BCUT2D eigenvalue weighted by Crippen LogP contribution is -2.48.